The first-order valence-corrected chi connectivity index (χ1v) is 12.5. The zero-order valence-corrected chi connectivity index (χ0v) is 18.6. The van der Waals surface area contributed by atoms with Crippen molar-refractivity contribution in [2.75, 3.05) is 33.2 Å². The zero-order chi connectivity index (χ0) is 23.1. The van der Waals surface area contributed by atoms with Crippen molar-refractivity contribution in [1.82, 2.24) is 23.9 Å². The quantitative estimate of drug-likeness (QED) is 0.553. The number of pyridine rings is 1. The van der Waals surface area contributed by atoms with Gasteiger partial charge in [-0.05, 0) is 37.4 Å². The molecule has 0 saturated carbocycles. The van der Waals surface area contributed by atoms with Gasteiger partial charge >= 0.3 is 0 Å². The molecule has 1 aromatic carbocycles. The van der Waals surface area contributed by atoms with E-state index in [1.807, 2.05) is 0 Å². The molecule has 1 saturated heterocycles. The number of nitrogens with zero attached hydrogens (tertiary/aromatic N) is 3. The van der Waals surface area contributed by atoms with Gasteiger partial charge in [0, 0.05) is 44.0 Å². The molecule has 0 spiro atoms. The van der Waals surface area contributed by atoms with Crippen LogP contribution in [0.3, 0.4) is 0 Å². The third kappa shape index (κ3) is 3.88. The first-order chi connectivity index (χ1) is 15.1. The summed E-state index contributed by atoms with van der Waals surface area (Å²) in [6.07, 6.45) is 2.93. The van der Waals surface area contributed by atoms with Crippen molar-refractivity contribution in [3.63, 3.8) is 0 Å². The summed E-state index contributed by atoms with van der Waals surface area (Å²) in [5.74, 6) is -1.56. The molecule has 13 heteroatoms. The van der Waals surface area contributed by atoms with Gasteiger partial charge in [0.2, 0.25) is 20.0 Å². The van der Waals surface area contributed by atoms with Gasteiger partial charge in [0.05, 0.1) is 10.5 Å². The smallest absolute Gasteiger partial charge is 0.256 e. The summed E-state index contributed by atoms with van der Waals surface area (Å²) in [6.45, 7) is 0.0799. The minimum Gasteiger partial charge on any atom is -0.345 e. The van der Waals surface area contributed by atoms with E-state index in [9.17, 15) is 26.0 Å². The Bertz CT molecular complexity index is 1400. The van der Waals surface area contributed by atoms with Crippen LogP contribution in [0.5, 0.6) is 0 Å². The minimum atomic E-state index is -3.86. The van der Waals surface area contributed by atoms with Crippen molar-refractivity contribution in [2.24, 2.45) is 0 Å². The maximum atomic E-state index is 14.3. The van der Waals surface area contributed by atoms with E-state index in [0.717, 1.165) is 18.2 Å². The van der Waals surface area contributed by atoms with E-state index in [1.165, 1.54) is 22.4 Å². The van der Waals surface area contributed by atoms with Gasteiger partial charge in [0.25, 0.3) is 5.91 Å². The van der Waals surface area contributed by atoms with Crippen LogP contribution in [-0.2, 0) is 20.0 Å². The molecular formula is C19H20FN5O5S2. The predicted octanol–water partition coefficient (Wildman–Crippen LogP) is 0.757. The van der Waals surface area contributed by atoms with Crippen molar-refractivity contribution in [2.45, 2.75) is 9.79 Å². The van der Waals surface area contributed by atoms with Gasteiger partial charge < -0.3 is 9.88 Å². The second-order valence-electron chi connectivity index (χ2n) is 7.10. The van der Waals surface area contributed by atoms with Crippen molar-refractivity contribution < 1.29 is 26.0 Å². The predicted molar refractivity (Wildman–Crippen MR) is 113 cm³/mol. The lowest BCUT2D eigenvalue weighted by Gasteiger charge is -2.34. The van der Waals surface area contributed by atoms with E-state index in [-0.39, 0.29) is 41.5 Å². The van der Waals surface area contributed by atoms with Crippen molar-refractivity contribution in [1.29, 1.82) is 0 Å². The second-order valence-corrected chi connectivity index (χ2v) is 10.9. The first-order valence-electron chi connectivity index (χ1n) is 9.60. The summed E-state index contributed by atoms with van der Waals surface area (Å²) in [4.78, 5) is 20.9. The lowest BCUT2D eigenvalue weighted by atomic mass is 10.1. The monoisotopic (exact) mass is 481 g/mol. The van der Waals surface area contributed by atoms with Crippen LogP contribution in [0.25, 0.3) is 11.0 Å². The molecule has 1 aliphatic heterocycles. The van der Waals surface area contributed by atoms with Crippen molar-refractivity contribution in [3.05, 3.63) is 54.1 Å². The number of hydrogen-bond acceptors (Lipinski definition) is 6. The molecular weight excluding hydrogens is 461 g/mol. The number of H-pyrrole nitrogens is 1. The molecule has 4 rings (SSSR count). The van der Waals surface area contributed by atoms with Crippen LogP contribution in [0, 0.1) is 5.82 Å². The molecule has 1 fully saturated rings. The minimum absolute atomic E-state index is 0.0110. The Morgan fingerprint density at radius 2 is 1.84 bits per heavy atom. The molecule has 3 aromatic rings. The molecule has 3 heterocycles. The lowest BCUT2D eigenvalue weighted by Crippen LogP contribution is -2.50. The van der Waals surface area contributed by atoms with Crippen LogP contribution >= 0.6 is 0 Å². The van der Waals surface area contributed by atoms with Crippen LogP contribution in [0.4, 0.5) is 4.39 Å². The Balaban J connectivity index is 1.53. The number of hydrogen-bond donors (Lipinski definition) is 2. The van der Waals surface area contributed by atoms with Crippen LogP contribution in [0.15, 0.2) is 52.5 Å². The maximum absolute atomic E-state index is 14.3. The van der Waals surface area contributed by atoms with E-state index < -0.39 is 31.8 Å². The number of benzene rings is 1. The third-order valence-corrected chi connectivity index (χ3v) is 8.65. The first kappa shape index (κ1) is 22.3. The molecule has 0 unspecified atom stereocenters. The molecule has 2 N–H and O–H groups in total. The van der Waals surface area contributed by atoms with E-state index in [1.54, 1.807) is 18.3 Å². The van der Waals surface area contributed by atoms with E-state index in [0.29, 0.717) is 11.0 Å². The Hall–Kier alpha value is -2.87. The third-order valence-electron chi connectivity index (χ3n) is 5.30. The fourth-order valence-electron chi connectivity index (χ4n) is 3.54. The molecule has 0 atom stereocenters. The van der Waals surface area contributed by atoms with Crippen LogP contribution < -0.4 is 4.72 Å². The molecule has 0 radical (unpaired) electrons. The van der Waals surface area contributed by atoms with Crippen molar-refractivity contribution in [3.8, 4) is 0 Å². The highest BCUT2D eigenvalue weighted by molar-refractivity contribution is 7.89. The number of aromatic amines is 1. The normalized spacial score (nSPS) is 15.9. The molecule has 10 nitrogen and oxygen atoms in total. The summed E-state index contributed by atoms with van der Waals surface area (Å²) in [7, 11) is -6.48. The van der Waals surface area contributed by atoms with Gasteiger partial charge in [0.1, 0.15) is 16.4 Å². The van der Waals surface area contributed by atoms with Gasteiger partial charge in [-0.25, -0.2) is 30.9 Å². The van der Waals surface area contributed by atoms with E-state index in [2.05, 4.69) is 14.7 Å². The zero-order valence-electron chi connectivity index (χ0n) is 16.9. The Labute approximate surface area is 184 Å². The number of sulfonamides is 2. The second kappa shape index (κ2) is 8.24. The number of fused-ring (bicyclic) bond motifs is 1. The Kier molecular flexibility index (Phi) is 5.75. The summed E-state index contributed by atoms with van der Waals surface area (Å²) < 4.78 is 67.8. The summed E-state index contributed by atoms with van der Waals surface area (Å²) in [6, 6.07) is 6.26. The molecule has 0 aliphatic carbocycles. The summed E-state index contributed by atoms with van der Waals surface area (Å²) in [5.41, 5.74) is 0.0621. The van der Waals surface area contributed by atoms with Crippen LogP contribution in [0.1, 0.15) is 10.4 Å². The fourth-order valence-corrected chi connectivity index (χ4v) is 5.87. The van der Waals surface area contributed by atoms with Crippen LogP contribution in [0.2, 0.25) is 0 Å². The number of amides is 1. The molecule has 170 valence electrons. The average Bonchev–Trinajstić information content (AvgIpc) is 3.24. The van der Waals surface area contributed by atoms with Crippen molar-refractivity contribution >= 4 is 37.0 Å². The maximum Gasteiger partial charge on any atom is 0.256 e. The summed E-state index contributed by atoms with van der Waals surface area (Å²) in [5, 5.41) is 0.468. The van der Waals surface area contributed by atoms with Gasteiger partial charge in [-0.1, -0.05) is 0 Å². The van der Waals surface area contributed by atoms with Gasteiger partial charge in [-0.3, -0.25) is 4.79 Å². The highest BCUT2D eigenvalue weighted by Crippen LogP contribution is 2.26. The van der Waals surface area contributed by atoms with Crippen LogP contribution in [-0.4, -0.2) is 75.1 Å². The summed E-state index contributed by atoms with van der Waals surface area (Å²) >= 11 is 0. The van der Waals surface area contributed by atoms with Gasteiger partial charge in [-0.2, -0.15) is 4.31 Å². The Morgan fingerprint density at radius 1 is 1.12 bits per heavy atom. The SMILES string of the molecule is CNS(=O)(=O)c1ccc(F)c(C(=O)N2CCN(S(=O)(=O)c3c[nH]c4ncccc34)CC2)c1. The number of aromatic nitrogens is 2. The number of piperazine rings is 1. The molecule has 2 aromatic heterocycles. The van der Waals surface area contributed by atoms with E-state index in [4.69, 9.17) is 0 Å². The largest absolute Gasteiger partial charge is 0.345 e. The highest BCUT2D eigenvalue weighted by atomic mass is 32.2. The molecule has 1 aliphatic rings. The number of nitrogens with one attached hydrogen (secondary N) is 2. The number of carbonyl (C=O) groups excluding carboxylic acids is 1. The van der Waals surface area contributed by atoms with E-state index >= 15 is 0 Å². The highest BCUT2D eigenvalue weighted by Gasteiger charge is 2.33. The Morgan fingerprint density at radius 3 is 2.53 bits per heavy atom. The average molecular weight is 482 g/mol. The topological polar surface area (TPSA) is 133 Å². The number of rotatable bonds is 5. The molecule has 32 heavy (non-hydrogen) atoms. The standard InChI is InChI=1S/C19H20FN5O5S2/c1-21-31(27,28)13-4-5-16(20)15(11-13)19(26)24-7-9-25(10-8-24)32(29,30)17-12-23-18-14(17)3-2-6-22-18/h2-6,11-12,21H,7-10H2,1H3,(H,22,23). The lowest BCUT2D eigenvalue weighted by molar-refractivity contribution is 0.0693. The molecule has 1 amide bonds. The molecule has 0 bridgehead atoms. The number of halogens is 1. The number of carbonyl (C=O) groups is 1. The van der Waals surface area contributed by atoms with Gasteiger partial charge in [0.15, 0.2) is 0 Å². The fraction of sp³-hybridized carbons (Fsp3) is 0.263. The van der Waals surface area contributed by atoms with Gasteiger partial charge in [-0.15, -0.1) is 0 Å².